The summed E-state index contributed by atoms with van der Waals surface area (Å²) in [4.78, 5) is 17.2. The molecule has 1 aromatic carbocycles. The van der Waals surface area contributed by atoms with Gasteiger partial charge in [0.15, 0.2) is 11.5 Å². The smallest absolute Gasteiger partial charge is 0.282 e. The Morgan fingerprint density at radius 3 is 2.32 bits per heavy atom. The van der Waals surface area contributed by atoms with E-state index in [2.05, 4.69) is 23.7 Å². The predicted octanol–water partition coefficient (Wildman–Crippen LogP) is 2.37. The number of ether oxygens (including phenoxy) is 2. The van der Waals surface area contributed by atoms with E-state index in [9.17, 15) is 10.1 Å². The Morgan fingerprint density at radius 2 is 1.82 bits per heavy atom. The molecule has 0 aliphatic carbocycles. The first kappa shape index (κ1) is 17.9. The molecule has 0 amide bonds. The SMILES string of the molecule is CCN(CC)CCN=Cc1cc(OC)c(OC)cc1[N+](=O)[O-]. The lowest BCUT2D eigenvalue weighted by molar-refractivity contribution is -0.385. The second kappa shape index (κ2) is 8.99. The van der Waals surface area contributed by atoms with E-state index in [1.165, 1.54) is 26.5 Å². The summed E-state index contributed by atoms with van der Waals surface area (Å²) in [6, 6.07) is 2.92. The summed E-state index contributed by atoms with van der Waals surface area (Å²) in [5.41, 5.74) is 0.353. The molecule has 1 aromatic rings. The van der Waals surface area contributed by atoms with Gasteiger partial charge in [-0.25, -0.2) is 0 Å². The number of nitro groups is 1. The Hall–Kier alpha value is -2.15. The Kier molecular flexibility index (Phi) is 7.31. The quantitative estimate of drug-likeness (QED) is 0.397. The molecular weight excluding hydrogens is 286 g/mol. The molecule has 0 spiro atoms. The van der Waals surface area contributed by atoms with E-state index in [4.69, 9.17) is 9.47 Å². The van der Waals surface area contributed by atoms with Crippen molar-refractivity contribution in [3.8, 4) is 11.5 Å². The van der Waals surface area contributed by atoms with Gasteiger partial charge in [-0.2, -0.15) is 0 Å². The Bertz CT molecular complexity index is 528. The van der Waals surface area contributed by atoms with Gasteiger partial charge in [-0.3, -0.25) is 15.1 Å². The maximum absolute atomic E-state index is 11.2. The normalized spacial score (nSPS) is 11.1. The van der Waals surface area contributed by atoms with Gasteiger partial charge < -0.3 is 14.4 Å². The lowest BCUT2D eigenvalue weighted by Gasteiger charge is -2.15. The van der Waals surface area contributed by atoms with Crippen LogP contribution in [0.25, 0.3) is 0 Å². The molecule has 7 heteroatoms. The molecular formula is C15H23N3O4. The van der Waals surface area contributed by atoms with Crippen molar-refractivity contribution < 1.29 is 14.4 Å². The van der Waals surface area contributed by atoms with Crippen molar-refractivity contribution in [1.82, 2.24) is 4.90 Å². The maximum atomic E-state index is 11.2. The highest BCUT2D eigenvalue weighted by Crippen LogP contribution is 2.33. The van der Waals surface area contributed by atoms with Gasteiger partial charge in [0.05, 0.1) is 37.3 Å². The van der Waals surface area contributed by atoms with Crippen LogP contribution in [0, 0.1) is 10.1 Å². The topological polar surface area (TPSA) is 77.2 Å². The molecule has 0 unspecified atom stereocenters. The largest absolute Gasteiger partial charge is 0.493 e. The number of benzene rings is 1. The summed E-state index contributed by atoms with van der Waals surface area (Å²) in [6.07, 6.45) is 1.52. The Morgan fingerprint density at radius 1 is 1.23 bits per heavy atom. The third-order valence-electron chi connectivity index (χ3n) is 3.40. The van der Waals surface area contributed by atoms with E-state index in [0.29, 0.717) is 23.6 Å². The molecule has 22 heavy (non-hydrogen) atoms. The number of likely N-dealkylation sites (N-methyl/N-ethyl adjacent to an activating group) is 1. The standard InChI is InChI=1S/C15H23N3O4/c1-5-17(6-2)8-7-16-11-12-9-14(21-3)15(22-4)10-13(12)18(19)20/h9-11H,5-8H2,1-4H3. The summed E-state index contributed by atoms with van der Waals surface area (Å²) in [7, 11) is 2.93. The highest BCUT2D eigenvalue weighted by molar-refractivity contribution is 5.87. The van der Waals surface area contributed by atoms with Crippen LogP contribution in [0.1, 0.15) is 19.4 Å². The number of rotatable bonds is 9. The summed E-state index contributed by atoms with van der Waals surface area (Å²) < 4.78 is 10.3. The number of methoxy groups -OCH3 is 2. The zero-order valence-corrected chi connectivity index (χ0v) is 13.5. The van der Waals surface area contributed by atoms with Gasteiger partial charge in [-0.05, 0) is 19.2 Å². The van der Waals surface area contributed by atoms with Gasteiger partial charge in [0.1, 0.15) is 0 Å². The van der Waals surface area contributed by atoms with Crippen LogP contribution in [-0.4, -0.2) is 56.4 Å². The van der Waals surface area contributed by atoms with E-state index in [0.717, 1.165) is 19.6 Å². The lowest BCUT2D eigenvalue weighted by Crippen LogP contribution is -2.25. The van der Waals surface area contributed by atoms with E-state index in [-0.39, 0.29) is 5.69 Å². The summed E-state index contributed by atoms with van der Waals surface area (Å²) in [6.45, 7) is 7.52. The molecule has 7 nitrogen and oxygen atoms in total. The fraction of sp³-hybridized carbons (Fsp3) is 0.533. The molecule has 0 aromatic heterocycles. The third kappa shape index (κ3) is 4.70. The van der Waals surface area contributed by atoms with Crippen molar-refractivity contribution >= 4 is 11.9 Å². The number of nitro benzene ring substituents is 1. The minimum absolute atomic E-state index is 0.0516. The van der Waals surface area contributed by atoms with Crippen LogP contribution < -0.4 is 9.47 Å². The molecule has 0 radical (unpaired) electrons. The predicted molar refractivity (Wildman–Crippen MR) is 86.4 cm³/mol. The van der Waals surface area contributed by atoms with Crippen molar-refractivity contribution in [3.05, 3.63) is 27.8 Å². The van der Waals surface area contributed by atoms with Gasteiger partial charge in [0.25, 0.3) is 5.69 Å². The van der Waals surface area contributed by atoms with Crippen LogP contribution in [0.2, 0.25) is 0 Å². The molecule has 0 atom stereocenters. The van der Waals surface area contributed by atoms with E-state index in [1.807, 2.05) is 0 Å². The molecule has 0 saturated carbocycles. The first-order valence-corrected chi connectivity index (χ1v) is 7.19. The third-order valence-corrected chi connectivity index (χ3v) is 3.40. The van der Waals surface area contributed by atoms with Crippen molar-refractivity contribution in [2.75, 3.05) is 40.4 Å². The molecule has 0 N–H and O–H groups in total. The van der Waals surface area contributed by atoms with Crippen molar-refractivity contribution in [2.24, 2.45) is 4.99 Å². The second-order valence-corrected chi connectivity index (χ2v) is 4.59. The van der Waals surface area contributed by atoms with Gasteiger partial charge in [0.2, 0.25) is 0 Å². The maximum Gasteiger partial charge on any atom is 0.282 e. The van der Waals surface area contributed by atoms with Crippen molar-refractivity contribution in [3.63, 3.8) is 0 Å². The van der Waals surface area contributed by atoms with Crippen molar-refractivity contribution in [1.29, 1.82) is 0 Å². The first-order valence-electron chi connectivity index (χ1n) is 7.19. The highest BCUT2D eigenvalue weighted by Gasteiger charge is 2.18. The van der Waals surface area contributed by atoms with Gasteiger partial charge in [-0.1, -0.05) is 13.8 Å². The molecule has 0 saturated heterocycles. The average Bonchev–Trinajstić information content (AvgIpc) is 2.54. The second-order valence-electron chi connectivity index (χ2n) is 4.59. The Labute approximate surface area is 130 Å². The van der Waals surface area contributed by atoms with E-state index < -0.39 is 4.92 Å². The molecule has 0 aliphatic heterocycles. The minimum Gasteiger partial charge on any atom is -0.493 e. The lowest BCUT2D eigenvalue weighted by atomic mass is 10.1. The average molecular weight is 309 g/mol. The molecule has 0 bridgehead atoms. The highest BCUT2D eigenvalue weighted by atomic mass is 16.6. The van der Waals surface area contributed by atoms with Crippen molar-refractivity contribution in [2.45, 2.75) is 13.8 Å². The number of hydrogen-bond acceptors (Lipinski definition) is 6. The number of hydrogen-bond donors (Lipinski definition) is 0. The first-order chi connectivity index (χ1) is 10.6. The van der Waals surface area contributed by atoms with Gasteiger partial charge in [-0.15, -0.1) is 0 Å². The number of aliphatic imine (C=N–C) groups is 1. The van der Waals surface area contributed by atoms with Gasteiger partial charge in [0, 0.05) is 12.8 Å². The van der Waals surface area contributed by atoms with Crippen LogP contribution in [0.4, 0.5) is 5.69 Å². The zero-order valence-electron chi connectivity index (χ0n) is 13.5. The molecule has 0 heterocycles. The zero-order chi connectivity index (χ0) is 16.5. The van der Waals surface area contributed by atoms with Gasteiger partial charge >= 0.3 is 0 Å². The number of nitrogens with zero attached hydrogens (tertiary/aromatic N) is 3. The monoisotopic (exact) mass is 309 g/mol. The van der Waals surface area contributed by atoms with Crippen LogP contribution in [0.3, 0.4) is 0 Å². The molecule has 0 aliphatic rings. The minimum atomic E-state index is -0.451. The molecule has 122 valence electrons. The molecule has 1 rings (SSSR count). The van der Waals surface area contributed by atoms with Crippen LogP contribution >= 0.6 is 0 Å². The fourth-order valence-corrected chi connectivity index (χ4v) is 2.05. The van der Waals surface area contributed by atoms with Crippen LogP contribution in [0.15, 0.2) is 17.1 Å². The van der Waals surface area contributed by atoms with E-state index >= 15 is 0 Å². The summed E-state index contributed by atoms with van der Waals surface area (Å²) in [5.74, 6) is 0.771. The summed E-state index contributed by atoms with van der Waals surface area (Å²) in [5, 5.41) is 11.2. The fourth-order valence-electron chi connectivity index (χ4n) is 2.05. The van der Waals surface area contributed by atoms with Crippen LogP contribution in [-0.2, 0) is 0 Å². The summed E-state index contributed by atoms with van der Waals surface area (Å²) >= 11 is 0. The molecule has 0 fully saturated rings. The van der Waals surface area contributed by atoms with Crippen LogP contribution in [0.5, 0.6) is 11.5 Å². The Balaban J connectivity index is 2.94. The van der Waals surface area contributed by atoms with E-state index in [1.54, 1.807) is 6.07 Å².